The van der Waals surface area contributed by atoms with E-state index in [1.54, 1.807) is 13.2 Å². The number of nitrogens with zero attached hydrogens (tertiary/aromatic N) is 3. The number of carbonyl (C=O) groups excluding carboxylic acids is 1. The summed E-state index contributed by atoms with van der Waals surface area (Å²) in [5.41, 5.74) is 3.23. The molecule has 1 amide bonds. The Hall–Kier alpha value is -2.84. The van der Waals surface area contributed by atoms with Crippen molar-refractivity contribution in [2.45, 2.75) is 51.0 Å². The summed E-state index contributed by atoms with van der Waals surface area (Å²) in [4.78, 5) is 26.6. The van der Waals surface area contributed by atoms with Crippen LogP contribution in [0.15, 0.2) is 30.5 Å². The second-order valence-electron chi connectivity index (χ2n) is 9.97. The van der Waals surface area contributed by atoms with Gasteiger partial charge in [0.05, 0.1) is 16.9 Å². The molecule has 0 unspecified atom stereocenters. The van der Waals surface area contributed by atoms with Crippen LogP contribution in [0.5, 0.6) is 5.75 Å². The fourth-order valence-corrected chi connectivity index (χ4v) is 5.54. The average Bonchev–Trinajstić information content (AvgIpc) is 3.35. The molecule has 0 spiro atoms. The lowest BCUT2D eigenvalue weighted by Crippen LogP contribution is -2.41. The molecular weight excluding hydrogens is 476 g/mol. The number of anilines is 1. The van der Waals surface area contributed by atoms with Crippen molar-refractivity contribution in [1.82, 2.24) is 25.2 Å². The van der Waals surface area contributed by atoms with Crippen LogP contribution in [-0.4, -0.2) is 65.1 Å². The molecule has 1 saturated carbocycles. The summed E-state index contributed by atoms with van der Waals surface area (Å²) in [7, 11) is 1.58. The number of carbonyl (C=O) groups is 1. The first kappa shape index (κ1) is 24.8. The third kappa shape index (κ3) is 5.93. The van der Waals surface area contributed by atoms with Gasteiger partial charge >= 0.3 is 0 Å². The molecule has 3 heterocycles. The quantitative estimate of drug-likeness (QED) is 0.400. The zero-order chi connectivity index (χ0) is 24.9. The molecule has 192 valence electrons. The molecule has 0 bridgehead atoms. The molecule has 1 saturated heterocycles. The molecule has 1 aliphatic heterocycles. The van der Waals surface area contributed by atoms with E-state index in [4.69, 9.17) is 21.3 Å². The number of halogens is 1. The van der Waals surface area contributed by atoms with E-state index in [1.165, 1.54) is 38.6 Å². The number of piperidine rings is 1. The van der Waals surface area contributed by atoms with Gasteiger partial charge in [0.2, 0.25) is 0 Å². The number of ether oxygens (including phenoxy) is 1. The number of rotatable bonds is 8. The molecule has 1 aromatic carbocycles. The van der Waals surface area contributed by atoms with Gasteiger partial charge in [-0.15, -0.1) is 0 Å². The Bertz CT molecular complexity index is 1170. The maximum absolute atomic E-state index is 11.4. The lowest BCUT2D eigenvalue weighted by molar-refractivity contribution is -0.122. The lowest BCUT2D eigenvalue weighted by Gasteiger charge is -2.36. The smallest absolute Gasteiger partial charge is 0.257 e. The second-order valence-corrected chi connectivity index (χ2v) is 10.4. The summed E-state index contributed by atoms with van der Waals surface area (Å²) >= 11 is 6.60. The summed E-state index contributed by atoms with van der Waals surface area (Å²) in [6.45, 7) is 3.50. The van der Waals surface area contributed by atoms with Gasteiger partial charge in [-0.25, -0.2) is 9.97 Å². The Kier molecular flexibility index (Phi) is 7.92. The van der Waals surface area contributed by atoms with Crippen LogP contribution in [0, 0.1) is 5.92 Å². The van der Waals surface area contributed by atoms with Crippen LogP contribution in [0.1, 0.15) is 44.9 Å². The van der Waals surface area contributed by atoms with E-state index in [-0.39, 0.29) is 12.5 Å². The first-order valence-corrected chi connectivity index (χ1v) is 13.4. The fraction of sp³-hybridized carbons (Fsp3) is 0.519. The molecule has 2 fully saturated rings. The number of fused-ring (bicyclic) bond motifs is 1. The highest BCUT2D eigenvalue weighted by Crippen LogP contribution is 2.33. The van der Waals surface area contributed by atoms with Crippen LogP contribution >= 0.6 is 11.6 Å². The number of benzene rings is 1. The Morgan fingerprint density at radius 1 is 1.14 bits per heavy atom. The van der Waals surface area contributed by atoms with Crippen molar-refractivity contribution in [3.63, 3.8) is 0 Å². The predicted molar refractivity (Wildman–Crippen MR) is 144 cm³/mol. The normalized spacial score (nSPS) is 17.8. The van der Waals surface area contributed by atoms with Gasteiger partial charge in [0, 0.05) is 38.3 Å². The molecule has 36 heavy (non-hydrogen) atoms. The second kappa shape index (κ2) is 11.5. The predicted octanol–water partition coefficient (Wildman–Crippen LogP) is 4.86. The van der Waals surface area contributed by atoms with Crippen molar-refractivity contribution in [2.24, 2.45) is 5.92 Å². The van der Waals surface area contributed by atoms with Gasteiger partial charge in [-0.3, -0.25) is 4.79 Å². The van der Waals surface area contributed by atoms with Gasteiger partial charge in [-0.1, -0.05) is 30.9 Å². The zero-order valence-corrected chi connectivity index (χ0v) is 21.6. The number of imidazole rings is 1. The Morgan fingerprint density at radius 2 is 1.89 bits per heavy atom. The Balaban J connectivity index is 1.24. The highest BCUT2D eigenvalue weighted by Gasteiger charge is 2.24. The number of likely N-dealkylation sites (N-methyl/N-ethyl adjacent to an activating group) is 1. The summed E-state index contributed by atoms with van der Waals surface area (Å²) in [6, 6.07) is 7.85. The largest absolute Gasteiger partial charge is 0.484 e. The SMILES string of the molecule is CNC(=O)COc1ccc(-c2nc3ncc(Cl)c(NC4CCN(CC5CCCCC5)CC4)c3[nH]2)cc1. The van der Waals surface area contributed by atoms with Crippen molar-refractivity contribution >= 4 is 34.4 Å². The average molecular weight is 511 g/mol. The molecule has 2 aromatic heterocycles. The third-order valence-electron chi connectivity index (χ3n) is 7.43. The van der Waals surface area contributed by atoms with Gasteiger partial charge in [-0.05, 0) is 55.9 Å². The number of aromatic amines is 1. The molecule has 3 aromatic rings. The molecule has 2 aliphatic rings. The Morgan fingerprint density at radius 3 is 2.61 bits per heavy atom. The van der Waals surface area contributed by atoms with E-state index in [2.05, 4.69) is 25.5 Å². The number of hydrogen-bond donors (Lipinski definition) is 3. The number of nitrogens with one attached hydrogen (secondary N) is 3. The van der Waals surface area contributed by atoms with Crippen LogP contribution in [-0.2, 0) is 4.79 Å². The lowest BCUT2D eigenvalue weighted by atomic mass is 9.88. The van der Waals surface area contributed by atoms with Crippen molar-refractivity contribution in [3.05, 3.63) is 35.5 Å². The van der Waals surface area contributed by atoms with Crippen molar-refractivity contribution in [2.75, 3.05) is 38.6 Å². The first-order valence-electron chi connectivity index (χ1n) is 13.1. The van der Waals surface area contributed by atoms with Gasteiger partial charge < -0.3 is 25.3 Å². The highest BCUT2D eigenvalue weighted by atomic mass is 35.5. The zero-order valence-electron chi connectivity index (χ0n) is 20.9. The van der Waals surface area contributed by atoms with Gasteiger partial charge in [-0.2, -0.15) is 0 Å². The number of amides is 1. The monoisotopic (exact) mass is 510 g/mol. The standard InChI is InChI=1S/C27H35ClN6O2/c1-29-23(35)17-36-21-9-7-19(8-10-21)26-32-25-24(22(28)15-30-27(25)33-26)31-20-11-13-34(14-12-20)16-18-5-3-2-4-6-18/h7-10,15,18,20H,2-6,11-14,16-17H2,1H3,(H,29,35)(H2,30,31,32,33). The molecular formula is C27H35ClN6O2. The van der Waals surface area contributed by atoms with Crippen molar-refractivity contribution in [3.8, 4) is 17.1 Å². The van der Waals surface area contributed by atoms with Crippen LogP contribution in [0.25, 0.3) is 22.6 Å². The number of likely N-dealkylation sites (tertiary alicyclic amines) is 1. The van der Waals surface area contributed by atoms with Gasteiger partial charge in [0.15, 0.2) is 12.3 Å². The number of hydrogen-bond acceptors (Lipinski definition) is 6. The number of pyridine rings is 1. The maximum Gasteiger partial charge on any atom is 0.257 e. The van der Waals surface area contributed by atoms with E-state index in [0.29, 0.717) is 28.3 Å². The van der Waals surface area contributed by atoms with Crippen LogP contribution < -0.4 is 15.4 Å². The molecule has 1 aliphatic carbocycles. The van der Waals surface area contributed by atoms with Crippen LogP contribution in [0.2, 0.25) is 5.02 Å². The minimum absolute atomic E-state index is 0.0164. The molecule has 9 heteroatoms. The van der Waals surface area contributed by atoms with Gasteiger partial charge in [0.1, 0.15) is 17.1 Å². The van der Waals surface area contributed by atoms with Crippen molar-refractivity contribution < 1.29 is 9.53 Å². The van der Waals surface area contributed by atoms with Gasteiger partial charge in [0.25, 0.3) is 5.91 Å². The number of aromatic nitrogens is 3. The first-order chi connectivity index (χ1) is 17.6. The van der Waals surface area contributed by atoms with Crippen LogP contribution in [0.4, 0.5) is 5.69 Å². The van der Waals surface area contributed by atoms with Crippen molar-refractivity contribution in [1.29, 1.82) is 0 Å². The molecule has 5 rings (SSSR count). The maximum atomic E-state index is 11.4. The van der Waals surface area contributed by atoms with E-state index < -0.39 is 0 Å². The van der Waals surface area contributed by atoms with E-state index in [0.717, 1.165) is 48.6 Å². The van der Waals surface area contributed by atoms with E-state index in [9.17, 15) is 4.79 Å². The summed E-state index contributed by atoms with van der Waals surface area (Å²) in [5, 5.41) is 6.83. The molecule has 0 atom stereocenters. The summed E-state index contributed by atoms with van der Waals surface area (Å²) in [6.07, 6.45) is 10.9. The molecule has 3 N–H and O–H groups in total. The highest BCUT2D eigenvalue weighted by molar-refractivity contribution is 6.34. The topological polar surface area (TPSA) is 95.2 Å². The van der Waals surface area contributed by atoms with Crippen LogP contribution in [0.3, 0.4) is 0 Å². The fourth-order valence-electron chi connectivity index (χ4n) is 5.34. The number of H-pyrrole nitrogens is 1. The minimum Gasteiger partial charge on any atom is -0.484 e. The van der Waals surface area contributed by atoms with E-state index >= 15 is 0 Å². The summed E-state index contributed by atoms with van der Waals surface area (Å²) in [5.74, 6) is 2.05. The minimum atomic E-state index is -0.172. The molecule has 0 radical (unpaired) electrons. The Labute approximate surface area is 217 Å². The molecule has 8 nitrogen and oxygen atoms in total. The third-order valence-corrected chi connectivity index (χ3v) is 7.71. The van der Waals surface area contributed by atoms with E-state index in [1.807, 2.05) is 24.3 Å². The summed E-state index contributed by atoms with van der Waals surface area (Å²) < 4.78 is 5.49.